The number of carbonyl (C=O) groups is 1. The molecule has 2 unspecified atom stereocenters. The third kappa shape index (κ3) is 5.57. The minimum atomic E-state index is 0. The lowest BCUT2D eigenvalue weighted by atomic mass is 10.2. The fraction of sp³-hybridized carbons (Fsp3) is 0.867. The molecule has 128 valence electrons. The van der Waals surface area contributed by atoms with E-state index in [1.165, 1.54) is 0 Å². The van der Waals surface area contributed by atoms with Crippen molar-refractivity contribution in [2.45, 2.75) is 45.3 Å². The predicted molar refractivity (Wildman–Crippen MR) is 98.7 cm³/mol. The van der Waals surface area contributed by atoms with Gasteiger partial charge in [0, 0.05) is 45.2 Å². The van der Waals surface area contributed by atoms with Gasteiger partial charge in [-0.2, -0.15) is 0 Å². The number of halogens is 1. The molecule has 2 aliphatic rings. The van der Waals surface area contributed by atoms with E-state index in [1.54, 1.807) is 7.05 Å². The highest BCUT2D eigenvalue weighted by atomic mass is 127. The molecule has 0 aromatic carbocycles. The van der Waals surface area contributed by atoms with Gasteiger partial charge in [0.1, 0.15) is 0 Å². The van der Waals surface area contributed by atoms with Gasteiger partial charge >= 0.3 is 0 Å². The van der Waals surface area contributed by atoms with Gasteiger partial charge in [-0.25, -0.2) is 0 Å². The van der Waals surface area contributed by atoms with Crippen molar-refractivity contribution in [1.29, 1.82) is 0 Å². The van der Waals surface area contributed by atoms with Crippen molar-refractivity contribution in [2.75, 3.05) is 33.3 Å². The first-order valence-corrected chi connectivity index (χ1v) is 7.97. The lowest BCUT2D eigenvalue weighted by Gasteiger charge is -2.21. The molecule has 2 heterocycles. The van der Waals surface area contributed by atoms with E-state index in [-0.39, 0.29) is 41.8 Å². The quantitative estimate of drug-likeness (QED) is 0.405. The van der Waals surface area contributed by atoms with Crippen LogP contribution in [0.15, 0.2) is 4.99 Å². The van der Waals surface area contributed by atoms with Gasteiger partial charge in [-0.3, -0.25) is 9.79 Å². The van der Waals surface area contributed by atoms with Crippen LogP contribution in [0.25, 0.3) is 0 Å². The van der Waals surface area contributed by atoms with Crippen molar-refractivity contribution < 1.29 is 9.53 Å². The van der Waals surface area contributed by atoms with E-state index >= 15 is 0 Å². The van der Waals surface area contributed by atoms with Crippen LogP contribution in [-0.2, 0) is 9.53 Å². The summed E-state index contributed by atoms with van der Waals surface area (Å²) in [5, 5.41) is 6.72. The molecule has 2 rings (SSSR count). The molecule has 2 aliphatic heterocycles. The molecular weight excluding hydrogens is 395 g/mol. The topological polar surface area (TPSA) is 66.0 Å². The van der Waals surface area contributed by atoms with E-state index in [9.17, 15) is 4.79 Å². The van der Waals surface area contributed by atoms with Crippen LogP contribution >= 0.6 is 24.0 Å². The molecule has 2 fully saturated rings. The van der Waals surface area contributed by atoms with Gasteiger partial charge in [0.05, 0.1) is 6.10 Å². The Labute approximate surface area is 150 Å². The second-order valence-electron chi connectivity index (χ2n) is 6.16. The number of amides is 1. The SMILES string of the molecule is CN=C(NCC1CCCO1)NC1CCN(C(=O)C(C)C)C1.I. The zero-order valence-electron chi connectivity index (χ0n) is 13.8. The zero-order valence-corrected chi connectivity index (χ0v) is 16.1. The van der Waals surface area contributed by atoms with E-state index in [4.69, 9.17) is 4.74 Å². The molecule has 0 aliphatic carbocycles. The minimum Gasteiger partial charge on any atom is -0.376 e. The summed E-state index contributed by atoms with van der Waals surface area (Å²) < 4.78 is 5.59. The molecular formula is C15H29IN4O2. The van der Waals surface area contributed by atoms with Crippen LogP contribution in [-0.4, -0.2) is 62.2 Å². The fourth-order valence-corrected chi connectivity index (χ4v) is 2.85. The summed E-state index contributed by atoms with van der Waals surface area (Å²) in [6.07, 6.45) is 3.53. The Morgan fingerprint density at radius 1 is 1.41 bits per heavy atom. The average molecular weight is 424 g/mol. The van der Waals surface area contributed by atoms with Gasteiger partial charge in [0.25, 0.3) is 0 Å². The highest BCUT2D eigenvalue weighted by Gasteiger charge is 2.28. The normalized spacial score (nSPS) is 25.3. The lowest BCUT2D eigenvalue weighted by molar-refractivity contribution is -0.133. The van der Waals surface area contributed by atoms with Gasteiger partial charge in [0.2, 0.25) is 5.91 Å². The van der Waals surface area contributed by atoms with Crippen molar-refractivity contribution in [3.8, 4) is 0 Å². The Kier molecular flexibility index (Phi) is 8.45. The molecule has 7 heteroatoms. The Bertz CT molecular complexity index is 384. The number of nitrogens with zero attached hydrogens (tertiary/aromatic N) is 2. The maximum atomic E-state index is 12.0. The van der Waals surface area contributed by atoms with Gasteiger partial charge in [-0.15, -0.1) is 24.0 Å². The number of guanidine groups is 1. The van der Waals surface area contributed by atoms with Crippen LogP contribution in [0.2, 0.25) is 0 Å². The molecule has 0 bridgehead atoms. The first kappa shape index (κ1) is 19.5. The predicted octanol–water partition coefficient (Wildman–Crippen LogP) is 1.21. The number of nitrogens with one attached hydrogen (secondary N) is 2. The molecule has 2 N–H and O–H groups in total. The Morgan fingerprint density at radius 3 is 2.77 bits per heavy atom. The summed E-state index contributed by atoms with van der Waals surface area (Å²) in [6, 6.07) is 0.281. The maximum absolute atomic E-state index is 12.0. The molecule has 2 saturated heterocycles. The van der Waals surface area contributed by atoms with Crippen molar-refractivity contribution >= 4 is 35.8 Å². The van der Waals surface area contributed by atoms with E-state index in [1.807, 2.05) is 18.7 Å². The number of aliphatic imine (C=N–C) groups is 1. The van der Waals surface area contributed by atoms with Gasteiger partial charge in [-0.1, -0.05) is 13.8 Å². The number of hydrogen-bond acceptors (Lipinski definition) is 3. The molecule has 0 spiro atoms. The molecule has 0 aromatic rings. The van der Waals surface area contributed by atoms with Crippen LogP contribution in [0.4, 0.5) is 0 Å². The highest BCUT2D eigenvalue weighted by Crippen LogP contribution is 2.13. The summed E-state index contributed by atoms with van der Waals surface area (Å²) in [6.45, 7) is 7.15. The summed E-state index contributed by atoms with van der Waals surface area (Å²) in [4.78, 5) is 18.2. The highest BCUT2D eigenvalue weighted by molar-refractivity contribution is 14.0. The van der Waals surface area contributed by atoms with E-state index < -0.39 is 0 Å². The second kappa shape index (κ2) is 9.54. The van der Waals surface area contributed by atoms with Crippen LogP contribution < -0.4 is 10.6 Å². The summed E-state index contributed by atoms with van der Waals surface area (Å²) in [7, 11) is 1.77. The molecule has 22 heavy (non-hydrogen) atoms. The number of carbonyl (C=O) groups excluding carboxylic acids is 1. The van der Waals surface area contributed by atoms with E-state index in [0.29, 0.717) is 6.10 Å². The largest absolute Gasteiger partial charge is 0.376 e. The van der Waals surface area contributed by atoms with Crippen LogP contribution in [0.3, 0.4) is 0 Å². The lowest BCUT2D eigenvalue weighted by Crippen LogP contribution is -2.47. The minimum absolute atomic E-state index is 0. The third-order valence-electron chi connectivity index (χ3n) is 4.08. The number of hydrogen-bond donors (Lipinski definition) is 2. The number of likely N-dealkylation sites (tertiary alicyclic amines) is 1. The van der Waals surface area contributed by atoms with Crippen LogP contribution in [0.1, 0.15) is 33.1 Å². The van der Waals surface area contributed by atoms with Crippen molar-refractivity contribution in [3.05, 3.63) is 0 Å². The van der Waals surface area contributed by atoms with Crippen molar-refractivity contribution in [3.63, 3.8) is 0 Å². The van der Waals surface area contributed by atoms with Gasteiger partial charge in [0.15, 0.2) is 5.96 Å². The Balaban J connectivity index is 0.00000242. The first-order valence-electron chi connectivity index (χ1n) is 7.97. The number of ether oxygens (including phenoxy) is 1. The third-order valence-corrected chi connectivity index (χ3v) is 4.08. The summed E-state index contributed by atoms with van der Waals surface area (Å²) in [5.74, 6) is 1.11. The van der Waals surface area contributed by atoms with E-state index in [0.717, 1.165) is 51.5 Å². The molecule has 0 saturated carbocycles. The van der Waals surface area contributed by atoms with Gasteiger partial charge < -0.3 is 20.3 Å². The Hall–Kier alpha value is -0.570. The monoisotopic (exact) mass is 424 g/mol. The van der Waals surface area contributed by atoms with Crippen LogP contribution in [0.5, 0.6) is 0 Å². The van der Waals surface area contributed by atoms with Crippen molar-refractivity contribution in [2.24, 2.45) is 10.9 Å². The molecule has 2 atom stereocenters. The summed E-state index contributed by atoms with van der Waals surface area (Å²) in [5.41, 5.74) is 0. The number of rotatable bonds is 4. The average Bonchev–Trinajstić information content (AvgIpc) is 3.13. The molecule has 1 amide bonds. The molecule has 6 nitrogen and oxygen atoms in total. The zero-order chi connectivity index (χ0) is 15.2. The fourth-order valence-electron chi connectivity index (χ4n) is 2.85. The van der Waals surface area contributed by atoms with Gasteiger partial charge in [-0.05, 0) is 19.3 Å². The first-order chi connectivity index (χ1) is 10.1. The summed E-state index contributed by atoms with van der Waals surface area (Å²) >= 11 is 0. The molecule has 0 aromatic heterocycles. The van der Waals surface area contributed by atoms with Crippen LogP contribution in [0, 0.1) is 5.92 Å². The maximum Gasteiger partial charge on any atom is 0.225 e. The Morgan fingerprint density at radius 2 is 2.18 bits per heavy atom. The van der Waals surface area contributed by atoms with E-state index in [2.05, 4.69) is 15.6 Å². The van der Waals surface area contributed by atoms with Crippen molar-refractivity contribution in [1.82, 2.24) is 15.5 Å². The molecule has 0 radical (unpaired) electrons. The second-order valence-corrected chi connectivity index (χ2v) is 6.16. The smallest absolute Gasteiger partial charge is 0.225 e. The standard InChI is InChI=1S/C15H28N4O2.HI/c1-11(2)14(20)19-7-6-12(10-19)18-15(16-3)17-9-13-5-4-8-21-13;/h11-13H,4-10H2,1-3H3,(H2,16,17,18);1H.